The van der Waals surface area contributed by atoms with Crippen LogP contribution in [-0.2, 0) is 11.2 Å². The highest BCUT2D eigenvalue weighted by atomic mass is 79.9. The summed E-state index contributed by atoms with van der Waals surface area (Å²) in [5.41, 5.74) is 0.242. The Morgan fingerprint density at radius 2 is 2.12 bits per heavy atom. The standard InChI is InChI=1S/C10H8BrF3O2/c11-5-8(15)3-6-1-2-7(12)4-9(6)16-10(13)14/h1-2,4,10H,3,5H2. The molecule has 6 heteroatoms. The number of rotatable bonds is 5. The summed E-state index contributed by atoms with van der Waals surface area (Å²) in [6.07, 6.45) is -0.0758. The van der Waals surface area contributed by atoms with E-state index in [-0.39, 0.29) is 28.8 Å². The first kappa shape index (κ1) is 13.0. The Hall–Kier alpha value is -1.04. The minimum Gasteiger partial charge on any atom is -0.434 e. The van der Waals surface area contributed by atoms with E-state index in [1.165, 1.54) is 6.07 Å². The van der Waals surface area contributed by atoms with Crippen molar-refractivity contribution in [2.75, 3.05) is 5.33 Å². The van der Waals surface area contributed by atoms with Crippen LogP contribution in [0.2, 0.25) is 0 Å². The molecule has 0 amide bonds. The van der Waals surface area contributed by atoms with Gasteiger partial charge in [0.1, 0.15) is 17.3 Å². The van der Waals surface area contributed by atoms with Crippen molar-refractivity contribution in [3.8, 4) is 5.75 Å². The fourth-order valence-electron chi connectivity index (χ4n) is 1.14. The number of carbonyl (C=O) groups excluding carboxylic acids is 1. The second-order valence-corrected chi connectivity index (χ2v) is 3.54. The average molecular weight is 297 g/mol. The predicted molar refractivity (Wildman–Crippen MR) is 55.5 cm³/mol. The van der Waals surface area contributed by atoms with Crippen LogP contribution in [0.5, 0.6) is 5.75 Å². The number of benzene rings is 1. The van der Waals surface area contributed by atoms with Gasteiger partial charge in [-0.2, -0.15) is 8.78 Å². The number of hydrogen-bond donors (Lipinski definition) is 0. The first-order valence-electron chi connectivity index (χ1n) is 4.34. The molecule has 88 valence electrons. The van der Waals surface area contributed by atoms with E-state index >= 15 is 0 Å². The molecule has 2 nitrogen and oxygen atoms in total. The lowest BCUT2D eigenvalue weighted by molar-refractivity contribution is -0.116. The average Bonchev–Trinajstić information content (AvgIpc) is 2.21. The molecular formula is C10H8BrF3O2. The minimum atomic E-state index is -3.04. The summed E-state index contributed by atoms with van der Waals surface area (Å²) in [5.74, 6) is -1.19. The first-order chi connectivity index (χ1) is 7.52. The Labute approximate surface area is 98.5 Å². The third-order valence-electron chi connectivity index (χ3n) is 1.78. The maximum Gasteiger partial charge on any atom is 0.387 e. The second kappa shape index (κ2) is 5.89. The summed E-state index contributed by atoms with van der Waals surface area (Å²) in [5, 5.41) is 0.110. The molecule has 1 rings (SSSR count). The van der Waals surface area contributed by atoms with Crippen LogP contribution >= 0.6 is 15.9 Å². The van der Waals surface area contributed by atoms with Crippen molar-refractivity contribution in [3.05, 3.63) is 29.6 Å². The third kappa shape index (κ3) is 3.84. The van der Waals surface area contributed by atoms with Crippen molar-refractivity contribution in [3.63, 3.8) is 0 Å². The van der Waals surface area contributed by atoms with E-state index < -0.39 is 12.4 Å². The molecule has 0 spiro atoms. The molecule has 1 aromatic rings. The van der Waals surface area contributed by atoms with Crippen LogP contribution in [0, 0.1) is 5.82 Å². The van der Waals surface area contributed by atoms with Gasteiger partial charge in [0.2, 0.25) is 0 Å². The number of Topliss-reactive ketones (excluding diaryl/α,β-unsaturated/α-hetero) is 1. The van der Waals surface area contributed by atoms with E-state index in [9.17, 15) is 18.0 Å². The number of ether oxygens (including phenoxy) is 1. The Bertz CT molecular complexity index is 382. The summed E-state index contributed by atoms with van der Waals surface area (Å²) in [4.78, 5) is 11.1. The molecule has 0 aliphatic rings. The number of ketones is 1. The van der Waals surface area contributed by atoms with Gasteiger partial charge in [0.15, 0.2) is 0 Å². The van der Waals surface area contributed by atoms with Gasteiger partial charge in [0, 0.05) is 18.1 Å². The Balaban J connectivity index is 2.93. The quantitative estimate of drug-likeness (QED) is 0.781. The van der Waals surface area contributed by atoms with Gasteiger partial charge in [-0.3, -0.25) is 4.79 Å². The molecule has 0 aromatic heterocycles. The van der Waals surface area contributed by atoms with E-state index in [4.69, 9.17) is 0 Å². The van der Waals surface area contributed by atoms with E-state index in [1.807, 2.05) is 0 Å². The number of alkyl halides is 3. The lowest BCUT2D eigenvalue weighted by atomic mass is 10.1. The molecule has 0 saturated heterocycles. The zero-order valence-electron chi connectivity index (χ0n) is 8.05. The van der Waals surface area contributed by atoms with Gasteiger partial charge < -0.3 is 4.74 Å². The molecule has 0 aliphatic carbocycles. The lowest BCUT2D eigenvalue weighted by Crippen LogP contribution is -2.09. The van der Waals surface area contributed by atoms with Crippen molar-refractivity contribution in [2.24, 2.45) is 0 Å². The van der Waals surface area contributed by atoms with Gasteiger partial charge in [0.25, 0.3) is 0 Å². The van der Waals surface area contributed by atoms with Crippen molar-refractivity contribution >= 4 is 21.7 Å². The topological polar surface area (TPSA) is 26.3 Å². The highest BCUT2D eigenvalue weighted by molar-refractivity contribution is 9.09. The maximum atomic E-state index is 12.8. The molecule has 0 radical (unpaired) electrons. The molecule has 0 fully saturated rings. The SMILES string of the molecule is O=C(CBr)Cc1ccc(F)cc1OC(F)F. The fourth-order valence-corrected chi connectivity index (χ4v) is 1.34. The Morgan fingerprint density at radius 1 is 1.44 bits per heavy atom. The van der Waals surface area contributed by atoms with Crippen molar-refractivity contribution < 1.29 is 22.7 Å². The molecule has 1 aromatic carbocycles. The van der Waals surface area contributed by atoms with E-state index in [1.54, 1.807) is 0 Å². The fraction of sp³-hybridized carbons (Fsp3) is 0.300. The van der Waals surface area contributed by atoms with E-state index in [2.05, 4.69) is 20.7 Å². The van der Waals surface area contributed by atoms with Gasteiger partial charge in [-0.05, 0) is 6.07 Å². The van der Waals surface area contributed by atoms with E-state index in [0.717, 1.165) is 12.1 Å². The largest absolute Gasteiger partial charge is 0.434 e. The van der Waals surface area contributed by atoms with Crippen LogP contribution in [0.25, 0.3) is 0 Å². The number of carbonyl (C=O) groups is 1. The summed E-state index contributed by atoms with van der Waals surface area (Å²) in [6.45, 7) is -3.04. The molecular weight excluding hydrogens is 289 g/mol. The zero-order chi connectivity index (χ0) is 12.1. The predicted octanol–water partition coefficient (Wildman–Crippen LogP) is 2.93. The van der Waals surface area contributed by atoms with Crippen molar-refractivity contribution in [1.29, 1.82) is 0 Å². The smallest absolute Gasteiger partial charge is 0.387 e. The molecule has 0 saturated carbocycles. The highest BCUT2D eigenvalue weighted by Gasteiger charge is 2.13. The molecule has 0 atom stereocenters. The van der Waals surface area contributed by atoms with Crippen LogP contribution in [0.3, 0.4) is 0 Å². The lowest BCUT2D eigenvalue weighted by Gasteiger charge is -2.09. The molecule has 0 unspecified atom stereocenters. The van der Waals surface area contributed by atoms with Crippen LogP contribution in [0.1, 0.15) is 5.56 Å². The summed E-state index contributed by atoms with van der Waals surface area (Å²) in [7, 11) is 0. The Morgan fingerprint density at radius 3 is 2.69 bits per heavy atom. The Kier molecular flexibility index (Phi) is 4.79. The van der Waals surface area contributed by atoms with Gasteiger partial charge in [-0.25, -0.2) is 4.39 Å². The van der Waals surface area contributed by atoms with Crippen LogP contribution in [0.15, 0.2) is 18.2 Å². The molecule has 0 N–H and O–H groups in total. The molecule has 16 heavy (non-hydrogen) atoms. The monoisotopic (exact) mass is 296 g/mol. The van der Waals surface area contributed by atoms with Crippen LogP contribution in [0.4, 0.5) is 13.2 Å². The van der Waals surface area contributed by atoms with E-state index in [0.29, 0.717) is 0 Å². The second-order valence-electron chi connectivity index (χ2n) is 2.98. The summed E-state index contributed by atoms with van der Waals surface area (Å²) < 4.78 is 41.0. The number of hydrogen-bond acceptors (Lipinski definition) is 2. The van der Waals surface area contributed by atoms with Gasteiger partial charge in [0.05, 0.1) is 5.33 Å². The zero-order valence-corrected chi connectivity index (χ0v) is 9.64. The first-order valence-corrected chi connectivity index (χ1v) is 5.46. The van der Waals surface area contributed by atoms with Crippen molar-refractivity contribution in [1.82, 2.24) is 0 Å². The highest BCUT2D eigenvalue weighted by Crippen LogP contribution is 2.22. The summed E-state index contributed by atoms with van der Waals surface area (Å²) in [6, 6.07) is 3.19. The van der Waals surface area contributed by atoms with Crippen LogP contribution in [-0.4, -0.2) is 17.7 Å². The van der Waals surface area contributed by atoms with Crippen molar-refractivity contribution in [2.45, 2.75) is 13.0 Å². The van der Waals surface area contributed by atoms with Gasteiger partial charge in [-0.1, -0.05) is 22.0 Å². The third-order valence-corrected chi connectivity index (χ3v) is 2.41. The molecule has 0 heterocycles. The molecule has 0 aliphatic heterocycles. The van der Waals surface area contributed by atoms with Gasteiger partial charge >= 0.3 is 6.61 Å². The van der Waals surface area contributed by atoms with Gasteiger partial charge in [-0.15, -0.1) is 0 Å². The normalized spacial score (nSPS) is 10.6. The minimum absolute atomic E-state index is 0.0758. The molecule has 0 bridgehead atoms. The summed E-state index contributed by atoms with van der Waals surface area (Å²) >= 11 is 2.95. The number of halogens is 4. The van der Waals surface area contributed by atoms with Crippen LogP contribution < -0.4 is 4.74 Å². The maximum absolute atomic E-state index is 12.8.